The Kier molecular flexibility index (Phi) is 2.05. The molecular weight excluding hydrogens is 120 g/mol. The van der Waals surface area contributed by atoms with Gasteiger partial charge < -0.3 is 9.47 Å². The van der Waals surface area contributed by atoms with E-state index in [9.17, 15) is 4.79 Å². The standard InChI is InChI=1S/C6H10O3/c1-5-2-3-8-6(7)4-9-5/h5H,2-4H2,1H3. The van der Waals surface area contributed by atoms with Crippen molar-refractivity contribution in [1.82, 2.24) is 0 Å². The summed E-state index contributed by atoms with van der Waals surface area (Å²) in [4.78, 5) is 10.5. The molecule has 0 spiro atoms. The van der Waals surface area contributed by atoms with Crippen molar-refractivity contribution in [3.05, 3.63) is 0 Å². The molecule has 0 aromatic heterocycles. The Labute approximate surface area is 53.9 Å². The highest BCUT2D eigenvalue weighted by atomic mass is 16.6. The van der Waals surface area contributed by atoms with Gasteiger partial charge in [-0.15, -0.1) is 0 Å². The van der Waals surface area contributed by atoms with Crippen molar-refractivity contribution in [3.8, 4) is 0 Å². The first-order valence-corrected chi connectivity index (χ1v) is 3.06. The highest BCUT2D eigenvalue weighted by Gasteiger charge is 2.12. The maximum Gasteiger partial charge on any atom is 0.332 e. The lowest BCUT2D eigenvalue weighted by Gasteiger charge is -2.03. The summed E-state index contributed by atoms with van der Waals surface area (Å²) in [6, 6.07) is 0. The number of hydrogen-bond donors (Lipinski definition) is 0. The fourth-order valence-corrected chi connectivity index (χ4v) is 0.674. The molecule has 0 bridgehead atoms. The summed E-state index contributed by atoms with van der Waals surface area (Å²) in [6.45, 7) is 2.54. The Balaban J connectivity index is 2.34. The van der Waals surface area contributed by atoms with E-state index < -0.39 is 0 Å². The molecule has 0 amide bonds. The third-order valence-corrected chi connectivity index (χ3v) is 1.27. The molecule has 1 unspecified atom stereocenters. The molecule has 0 aromatic rings. The molecule has 0 saturated carbocycles. The number of hydrogen-bond acceptors (Lipinski definition) is 3. The smallest absolute Gasteiger partial charge is 0.332 e. The van der Waals surface area contributed by atoms with Gasteiger partial charge in [0.05, 0.1) is 12.7 Å². The van der Waals surface area contributed by atoms with Crippen LogP contribution in [0.3, 0.4) is 0 Å². The van der Waals surface area contributed by atoms with E-state index in [-0.39, 0.29) is 18.7 Å². The van der Waals surface area contributed by atoms with E-state index >= 15 is 0 Å². The summed E-state index contributed by atoms with van der Waals surface area (Å²) in [7, 11) is 0. The summed E-state index contributed by atoms with van der Waals surface area (Å²) in [5.74, 6) is -0.251. The average Bonchev–Trinajstić information content (AvgIpc) is 1.97. The van der Waals surface area contributed by atoms with E-state index in [1.807, 2.05) is 6.92 Å². The summed E-state index contributed by atoms with van der Waals surface area (Å²) in [6.07, 6.45) is 0.975. The summed E-state index contributed by atoms with van der Waals surface area (Å²) in [5.41, 5.74) is 0. The average molecular weight is 130 g/mol. The minimum absolute atomic E-state index is 0.112. The topological polar surface area (TPSA) is 35.5 Å². The quantitative estimate of drug-likeness (QED) is 0.443. The van der Waals surface area contributed by atoms with Crippen molar-refractivity contribution in [1.29, 1.82) is 0 Å². The van der Waals surface area contributed by atoms with Crippen LogP contribution in [0.4, 0.5) is 0 Å². The van der Waals surface area contributed by atoms with Gasteiger partial charge in [0.15, 0.2) is 0 Å². The lowest BCUT2D eigenvalue weighted by Crippen LogP contribution is -2.10. The van der Waals surface area contributed by atoms with Crippen LogP contribution in [-0.4, -0.2) is 25.3 Å². The number of esters is 1. The van der Waals surface area contributed by atoms with E-state index in [0.29, 0.717) is 6.61 Å². The molecule has 0 aliphatic carbocycles. The van der Waals surface area contributed by atoms with Gasteiger partial charge in [-0.1, -0.05) is 0 Å². The summed E-state index contributed by atoms with van der Waals surface area (Å²) < 4.78 is 9.75. The SMILES string of the molecule is CC1CCOC(=O)CO1. The summed E-state index contributed by atoms with van der Waals surface area (Å²) >= 11 is 0. The Bertz CT molecular complexity index is 111. The zero-order valence-corrected chi connectivity index (χ0v) is 5.42. The molecular formula is C6H10O3. The second-order valence-corrected chi connectivity index (χ2v) is 2.13. The first-order chi connectivity index (χ1) is 4.29. The molecule has 1 heterocycles. The van der Waals surface area contributed by atoms with Crippen LogP contribution in [0, 0.1) is 0 Å². The molecule has 52 valence electrons. The zero-order chi connectivity index (χ0) is 6.69. The van der Waals surface area contributed by atoms with Gasteiger partial charge in [0.1, 0.15) is 6.61 Å². The Morgan fingerprint density at radius 2 is 2.44 bits per heavy atom. The van der Waals surface area contributed by atoms with E-state index in [0.717, 1.165) is 6.42 Å². The molecule has 1 aliphatic heterocycles. The van der Waals surface area contributed by atoms with Crippen LogP contribution in [0.2, 0.25) is 0 Å². The molecule has 0 N–H and O–H groups in total. The lowest BCUT2D eigenvalue weighted by atomic mass is 10.3. The zero-order valence-electron chi connectivity index (χ0n) is 5.42. The number of carbonyl (C=O) groups excluding carboxylic acids is 1. The molecule has 1 saturated heterocycles. The minimum atomic E-state index is -0.251. The highest BCUT2D eigenvalue weighted by Crippen LogP contribution is 2.02. The normalized spacial score (nSPS) is 29.0. The van der Waals surface area contributed by atoms with E-state index in [1.54, 1.807) is 0 Å². The van der Waals surface area contributed by atoms with E-state index in [4.69, 9.17) is 9.47 Å². The number of rotatable bonds is 0. The van der Waals surface area contributed by atoms with Gasteiger partial charge in [-0.25, -0.2) is 4.79 Å². The van der Waals surface area contributed by atoms with Crippen molar-refractivity contribution in [2.45, 2.75) is 19.4 Å². The van der Waals surface area contributed by atoms with Crippen LogP contribution in [0.1, 0.15) is 13.3 Å². The lowest BCUT2D eigenvalue weighted by molar-refractivity contribution is -0.146. The minimum Gasteiger partial charge on any atom is -0.464 e. The van der Waals surface area contributed by atoms with Crippen LogP contribution in [0.15, 0.2) is 0 Å². The van der Waals surface area contributed by atoms with Crippen molar-refractivity contribution >= 4 is 5.97 Å². The molecule has 9 heavy (non-hydrogen) atoms. The Morgan fingerprint density at radius 1 is 1.67 bits per heavy atom. The molecule has 1 aliphatic rings. The first-order valence-electron chi connectivity index (χ1n) is 3.06. The van der Waals surface area contributed by atoms with Gasteiger partial charge in [-0.05, 0) is 6.92 Å². The molecule has 1 fully saturated rings. The molecule has 3 nitrogen and oxygen atoms in total. The fraction of sp³-hybridized carbons (Fsp3) is 0.833. The second kappa shape index (κ2) is 2.82. The molecule has 0 aromatic carbocycles. The monoisotopic (exact) mass is 130 g/mol. The second-order valence-electron chi connectivity index (χ2n) is 2.13. The number of cyclic esters (lactones) is 1. The van der Waals surface area contributed by atoms with Crippen LogP contribution in [0.5, 0.6) is 0 Å². The Morgan fingerprint density at radius 3 is 3.22 bits per heavy atom. The predicted octanol–water partition coefficient (Wildman–Crippen LogP) is 0.338. The van der Waals surface area contributed by atoms with Crippen LogP contribution in [-0.2, 0) is 14.3 Å². The molecule has 1 rings (SSSR count). The third-order valence-electron chi connectivity index (χ3n) is 1.27. The van der Waals surface area contributed by atoms with Gasteiger partial charge in [-0.2, -0.15) is 0 Å². The van der Waals surface area contributed by atoms with Gasteiger partial charge in [-0.3, -0.25) is 0 Å². The van der Waals surface area contributed by atoms with Gasteiger partial charge in [0.25, 0.3) is 0 Å². The van der Waals surface area contributed by atoms with Gasteiger partial charge >= 0.3 is 5.97 Å². The number of ether oxygens (including phenoxy) is 2. The van der Waals surface area contributed by atoms with Gasteiger partial charge in [0.2, 0.25) is 0 Å². The number of carbonyl (C=O) groups is 1. The van der Waals surface area contributed by atoms with E-state index in [1.165, 1.54) is 0 Å². The Hall–Kier alpha value is -0.570. The molecule has 3 heteroatoms. The van der Waals surface area contributed by atoms with Crippen molar-refractivity contribution < 1.29 is 14.3 Å². The van der Waals surface area contributed by atoms with Crippen LogP contribution in [0.25, 0.3) is 0 Å². The largest absolute Gasteiger partial charge is 0.464 e. The van der Waals surface area contributed by atoms with Crippen LogP contribution < -0.4 is 0 Å². The van der Waals surface area contributed by atoms with Gasteiger partial charge in [0, 0.05) is 6.42 Å². The maximum atomic E-state index is 10.5. The molecule has 0 radical (unpaired) electrons. The predicted molar refractivity (Wildman–Crippen MR) is 31.0 cm³/mol. The van der Waals surface area contributed by atoms with Crippen molar-refractivity contribution in [2.75, 3.05) is 13.2 Å². The fourth-order valence-electron chi connectivity index (χ4n) is 0.674. The maximum absolute atomic E-state index is 10.5. The molecule has 1 atom stereocenters. The van der Waals surface area contributed by atoms with E-state index in [2.05, 4.69) is 0 Å². The first kappa shape index (κ1) is 6.55. The highest BCUT2D eigenvalue weighted by molar-refractivity contribution is 5.70. The van der Waals surface area contributed by atoms with Crippen molar-refractivity contribution in [2.24, 2.45) is 0 Å². The third kappa shape index (κ3) is 2.01. The summed E-state index contributed by atoms with van der Waals surface area (Å²) in [5, 5.41) is 0. The van der Waals surface area contributed by atoms with Crippen molar-refractivity contribution in [3.63, 3.8) is 0 Å². The van der Waals surface area contributed by atoms with Crippen LogP contribution >= 0.6 is 0 Å².